The molecule has 1 fully saturated rings. The molecule has 6 nitrogen and oxygen atoms in total. The SMILES string of the molecule is Cc1ccc(S(=O)(=O)N2CC(Nc3ncccn3)C2)s1. The fourth-order valence-electron chi connectivity index (χ4n) is 1.96. The van der Waals surface area contributed by atoms with Crippen molar-refractivity contribution in [2.75, 3.05) is 18.4 Å². The fraction of sp³-hybridized carbons (Fsp3) is 0.333. The van der Waals surface area contributed by atoms with Crippen LogP contribution in [0, 0.1) is 6.92 Å². The van der Waals surface area contributed by atoms with Crippen molar-refractivity contribution in [2.45, 2.75) is 17.2 Å². The van der Waals surface area contributed by atoms with Crippen LogP contribution in [0.2, 0.25) is 0 Å². The lowest BCUT2D eigenvalue weighted by Crippen LogP contribution is -2.56. The molecule has 106 valence electrons. The van der Waals surface area contributed by atoms with E-state index in [-0.39, 0.29) is 6.04 Å². The van der Waals surface area contributed by atoms with Crippen molar-refractivity contribution in [2.24, 2.45) is 0 Å². The lowest BCUT2D eigenvalue weighted by atomic mass is 10.2. The Balaban J connectivity index is 1.63. The number of aromatic nitrogens is 2. The lowest BCUT2D eigenvalue weighted by Gasteiger charge is -2.37. The zero-order valence-corrected chi connectivity index (χ0v) is 12.5. The van der Waals surface area contributed by atoms with Gasteiger partial charge in [0.15, 0.2) is 0 Å². The van der Waals surface area contributed by atoms with Crippen molar-refractivity contribution >= 4 is 27.3 Å². The van der Waals surface area contributed by atoms with Gasteiger partial charge in [-0.15, -0.1) is 11.3 Å². The standard InChI is InChI=1S/C12H14N4O2S2/c1-9-3-4-11(19-9)20(17,18)16-7-10(8-16)15-12-13-5-2-6-14-12/h2-6,10H,7-8H2,1H3,(H,13,14,15). The van der Waals surface area contributed by atoms with Crippen LogP contribution >= 0.6 is 11.3 Å². The average Bonchev–Trinajstić information content (AvgIpc) is 2.82. The second-order valence-corrected chi connectivity index (χ2v) is 8.05. The van der Waals surface area contributed by atoms with Gasteiger partial charge in [-0.25, -0.2) is 18.4 Å². The molecule has 0 unspecified atom stereocenters. The van der Waals surface area contributed by atoms with Crippen LogP contribution in [0.15, 0.2) is 34.8 Å². The summed E-state index contributed by atoms with van der Waals surface area (Å²) in [6.45, 7) is 2.78. The molecule has 0 amide bonds. The smallest absolute Gasteiger partial charge is 0.252 e. The number of aryl methyl sites for hydroxylation is 1. The van der Waals surface area contributed by atoms with Gasteiger partial charge in [-0.2, -0.15) is 4.31 Å². The van der Waals surface area contributed by atoms with E-state index >= 15 is 0 Å². The third-order valence-electron chi connectivity index (χ3n) is 3.06. The second-order valence-electron chi connectivity index (χ2n) is 4.60. The molecule has 1 aliphatic heterocycles. The van der Waals surface area contributed by atoms with Gasteiger partial charge in [0.05, 0.1) is 6.04 Å². The van der Waals surface area contributed by atoms with Crippen LogP contribution in [0.3, 0.4) is 0 Å². The van der Waals surface area contributed by atoms with Crippen LogP contribution in [0.5, 0.6) is 0 Å². The number of rotatable bonds is 4. The van der Waals surface area contributed by atoms with Crippen LogP contribution in [-0.2, 0) is 10.0 Å². The molecule has 0 radical (unpaired) electrons. The van der Waals surface area contributed by atoms with E-state index in [2.05, 4.69) is 15.3 Å². The van der Waals surface area contributed by atoms with Gasteiger partial charge in [-0.3, -0.25) is 0 Å². The van der Waals surface area contributed by atoms with Gasteiger partial charge < -0.3 is 5.32 Å². The first-order valence-electron chi connectivity index (χ1n) is 6.16. The predicted molar refractivity (Wildman–Crippen MR) is 77.3 cm³/mol. The largest absolute Gasteiger partial charge is 0.349 e. The zero-order chi connectivity index (χ0) is 14.2. The highest BCUT2D eigenvalue weighted by Gasteiger charge is 2.37. The van der Waals surface area contributed by atoms with Crippen LogP contribution < -0.4 is 5.32 Å². The highest BCUT2D eigenvalue weighted by molar-refractivity contribution is 7.91. The summed E-state index contributed by atoms with van der Waals surface area (Å²) < 4.78 is 26.5. The molecule has 2 aromatic heterocycles. The zero-order valence-electron chi connectivity index (χ0n) is 10.9. The molecule has 0 aromatic carbocycles. The van der Waals surface area contributed by atoms with Crippen LogP contribution in [0.1, 0.15) is 4.88 Å². The molecule has 0 saturated carbocycles. The van der Waals surface area contributed by atoms with Gasteiger partial charge in [0.25, 0.3) is 10.0 Å². The van der Waals surface area contributed by atoms with Gasteiger partial charge in [0, 0.05) is 30.4 Å². The highest BCUT2D eigenvalue weighted by atomic mass is 32.2. The minimum absolute atomic E-state index is 0.0632. The Hall–Kier alpha value is -1.51. The minimum atomic E-state index is -3.34. The first kappa shape index (κ1) is 13.5. The van der Waals surface area contributed by atoms with E-state index in [1.807, 2.05) is 13.0 Å². The van der Waals surface area contributed by atoms with Crippen LogP contribution in [-0.4, -0.2) is 41.8 Å². The first-order chi connectivity index (χ1) is 9.55. The van der Waals surface area contributed by atoms with Crippen LogP contribution in [0.4, 0.5) is 5.95 Å². The molecule has 0 bridgehead atoms. The minimum Gasteiger partial charge on any atom is -0.349 e. The Bertz CT molecular complexity index is 693. The number of thiophene rings is 1. The monoisotopic (exact) mass is 310 g/mol. The number of sulfonamides is 1. The molecular formula is C12H14N4O2S2. The Morgan fingerprint density at radius 2 is 2.00 bits per heavy atom. The maximum Gasteiger partial charge on any atom is 0.252 e. The van der Waals surface area contributed by atoms with Crippen molar-refractivity contribution in [3.8, 4) is 0 Å². The molecule has 20 heavy (non-hydrogen) atoms. The Labute approximate surface area is 121 Å². The molecule has 3 heterocycles. The molecule has 2 aromatic rings. The Morgan fingerprint density at radius 1 is 1.30 bits per heavy atom. The van der Waals surface area contributed by atoms with Crippen molar-refractivity contribution in [1.29, 1.82) is 0 Å². The Kier molecular flexibility index (Phi) is 3.45. The third-order valence-corrected chi connectivity index (χ3v) is 6.36. The van der Waals surface area contributed by atoms with Crippen molar-refractivity contribution in [1.82, 2.24) is 14.3 Å². The number of nitrogens with one attached hydrogen (secondary N) is 1. The van der Waals surface area contributed by atoms with Gasteiger partial charge in [-0.1, -0.05) is 0 Å². The summed E-state index contributed by atoms with van der Waals surface area (Å²) in [5, 5.41) is 3.11. The Morgan fingerprint density at radius 3 is 2.60 bits per heavy atom. The highest BCUT2D eigenvalue weighted by Crippen LogP contribution is 2.27. The van der Waals surface area contributed by atoms with Gasteiger partial charge in [0.1, 0.15) is 4.21 Å². The summed E-state index contributed by atoms with van der Waals surface area (Å²) in [5.74, 6) is 0.529. The van der Waals surface area contributed by atoms with E-state index in [0.29, 0.717) is 23.2 Å². The molecule has 0 aliphatic carbocycles. The van der Waals surface area contributed by atoms with Gasteiger partial charge in [-0.05, 0) is 25.1 Å². The quantitative estimate of drug-likeness (QED) is 0.922. The maximum absolute atomic E-state index is 12.3. The van der Waals surface area contributed by atoms with E-state index in [4.69, 9.17) is 0 Å². The number of hydrogen-bond donors (Lipinski definition) is 1. The van der Waals surface area contributed by atoms with Crippen LogP contribution in [0.25, 0.3) is 0 Å². The summed E-state index contributed by atoms with van der Waals surface area (Å²) in [5.41, 5.74) is 0. The van der Waals surface area contributed by atoms with Crippen molar-refractivity contribution in [3.63, 3.8) is 0 Å². The van der Waals surface area contributed by atoms with Crippen molar-refractivity contribution < 1.29 is 8.42 Å². The molecule has 0 atom stereocenters. The summed E-state index contributed by atoms with van der Waals surface area (Å²) >= 11 is 1.30. The van der Waals surface area contributed by atoms with E-state index in [1.165, 1.54) is 15.6 Å². The van der Waals surface area contributed by atoms with E-state index in [9.17, 15) is 8.42 Å². The number of hydrogen-bond acceptors (Lipinski definition) is 6. The van der Waals surface area contributed by atoms with E-state index < -0.39 is 10.0 Å². The predicted octanol–water partition coefficient (Wildman–Crippen LogP) is 1.33. The fourth-order valence-corrected chi connectivity index (χ4v) is 4.93. The molecule has 3 rings (SSSR count). The van der Waals surface area contributed by atoms with Gasteiger partial charge >= 0.3 is 0 Å². The number of anilines is 1. The molecule has 8 heteroatoms. The summed E-state index contributed by atoms with van der Waals surface area (Å²) in [6.07, 6.45) is 3.30. The normalized spacial score (nSPS) is 16.9. The molecular weight excluding hydrogens is 296 g/mol. The lowest BCUT2D eigenvalue weighted by molar-refractivity contribution is 0.280. The topological polar surface area (TPSA) is 75.2 Å². The third kappa shape index (κ3) is 2.54. The summed E-state index contributed by atoms with van der Waals surface area (Å²) in [4.78, 5) is 9.12. The van der Waals surface area contributed by atoms with E-state index in [0.717, 1.165) is 4.88 Å². The molecule has 1 saturated heterocycles. The average molecular weight is 310 g/mol. The molecule has 0 spiro atoms. The van der Waals surface area contributed by atoms with Gasteiger partial charge in [0.2, 0.25) is 5.95 Å². The molecule has 1 N–H and O–H groups in total. The summed E-state index contributed by atoms with van der Waals surface area (Å²) in [6, 6.07) is 5.29. The maximum atomic E-state index is 12.3. The second kappa shape index (κ2) is 5.12. The first-order valence-corrected chi connectivity index (χ1v) is 8.41. The van der Waals surface area contributed by atoms with Crippen molar-refractivity contribution in [3.05, 3.63) is 35.5 Å². The number of nitrogens with zero attached hydrogens (tertiary/aromatic N) is 3. The van der Waals surface area contributed by atoms with E-state index in [1.54, 1.807) is 24.5 Å². The molecule has 1 aliphatic rings. The summed E-state index contributed by atoms with van der Waals surface area (Å²) in [7, 11) is -3.34.